The van der Waals surface area contributed by atoms with Crippen LogP contribution in [0.3, 0.4) is 0 Å². The topological polar surface area (TPSA) is 98.9 Å². The van der Waals surface area contributed by atoms with Gasteiger partial charge in [0.1, 0.15) is 5.54 Å². The van der Waals surface area contributed by atoms with Crippen LogP contribution in [-0.4, -0.2) is 32.0 Å². The lowest BCUT2D eigenvalue weighted by Crippen LogP contribution is -2.50. The summed E-state index contributed by atoms with van der Waals surface area (Å²) < 4.78 is 2.44. The summed E-state index contributed by atoms with van der Waals surface area (Å²) in [4.78, 5) is 36.7. The number of hydrogen-bond donors (Lipinski definition) is 1. The van der Waals surface area contributed by atoms with Crippen LogP contribution >= 0.6 is 0 Å². The molecule has 0 atom stereocenters. The van der Waals surface area contributed by atoms with Crippen LogP contribution in [0.25, 0.3) is 11.3 Å². The molecule has 3 rings (SSSR count). The molecule has 0 aliphatic carbocycles. The van der Waals surface area contributed by atoms with Gasteiger partial charge in [0.2, 0.25) is 5.91 Å². The molecule has 0 radical (unpaired) electrons. The van der Waals surface area contributed by atoms with Gasteiger partial charge in [-0.1, -0.05) is 30.3 Å². The third-order valence-corrected chi connectivity index (χ3v) is 4.35. The molecule has 0 aliphatic rings. The average molecular weight is 379 g/mol. The van der Waals surface area contributed by atoms with Gasteiger partial charge in [0.25, 0.3) is 11.1 Å². The van der Waals surface area contributed by atoms with E-state index in [0.717, 1.165) is 5.56 Å². The Hall–Kier alpha value is -3.55. The Morgan fingerprint density at radius 3 is 2.46 bits per heavy atom. The maximum absolute atomic E-state index is 12.7. The van der Waals surface area contributed by atoms with Gasteiger partial charge in [-0.15, -0.1) is 0 Å². The molecular formula is C20H21N5O3. The van der Waals surface area contributed by atoms with Crippen LogP contribution in [0.1, 0.15) is 13.8 Å². The molecule has 8 heteroatoms. The molecule has 1 N–H and O–H groups in total. The van der Waals surface area contributed by atoms with Gasteiger partial charge in [-0.25, -0.2) is 9.36 Å². The van der Waals surface area contributed by atoms with Crippen molar-refractivity contribution in [1.29, 1.82) is 0 Å². The maximum atomic E-state index is 12.7. The van der Waals surface area contributed by atoms with Crippen molar-refractivity contribution >= 4 is 5.91 Å². The Morgan fingerprint density at radius 1 is 1.00 bits per heavy atom. The summed E-state index contributed by atoms with van der Waals surface area (Å²) in [5.74, 6) is -0.378. The van der Waals surface area contributed by atoms with Gasteiger partial charge in [-0.3, -0.25) is 14.4 Å². The minimum absolute atomic E-state index is 0.201. The number of amides is 1. The number of aromatic nitrogens is 4. The molecular weight excluding hydrogens is 358 g/mol. The highest BCUT2D eigenvalue weighted by Gasteiger charge is 2.32. The minimum Gasteiger partial charge on any atom is -0.352 e. The first kappa shape index (κ1) is 19.2. The molecule has 3 aromatic rings. The Kier molecular flexibility index (Phi) is 5.49. The monoisotopic (exact) mass is 379 g/mol. The lowest BCUT2D eigenvalue weighted by molar-refractivity contribution is -0.129. The molecule has 1 aromatic carbocycles. The molecule has 0 unspecified atom stereocenters. The van der Waals surface area contributed by atoms with Gasteiger partial charge in [0.05, 0.1) is 12.2 Å². The molecule has 144 valence electrons. The quantitative estimate of drug-likeness (QED) is 0.689. The fourth-order valence-electron chi connectivity index (χ4n) is 2.72. The van der Waals surface area contributed by atoms with E-state index < -0.39 is 5.54 Å². The third-order valence-electron chi connectivity index (χ3n) is 4.35. The normalized spacial score (nSPS) is 11.2. The standard InChI is InChI=1S/C20H21N5O3/c1-20(2,19(28)21-13-14-24-17(26)9-6-12-22-24)25-18(27)11-10-16(23-25)15-7-4-3-5-8-15/h3-12H,13-14H2,1-2H3,(H,21,28). The largest absolute Gasteiger partial charge is 0.352 e. The van der Waals surface area contributed by atoms with Crippen LogP contribution in [0, 0.1) is 0 Å². The summed E-state index contributed by atoms with van der Waals surface area (Å²) in [6, 6.07) is 15.4. The Labute approximate surface area is 161 Å². The summed E-state index contributed by atoms with van der Waals surface area (Å²) in [5, 5.41) is 11.1. The van der Waals surface area contributed by atoms with Crippen molar-refractivity contribution in [3.05, 3.63) is 81.5 Å². The summed E-state index contributed by atoms with van der Waals surface area (Å²) in [7, 11) is 0. The molecule has 0 aliphatic heterocycles. The second-order valence-corrected chi connectivity index (χ2v) is 6.73. The highest BCUT2D eigenvalue weighted by molar-refractivity contribution is 5.83. The zero-order valence-corrected chi connectivity index (χ0v) is 15.7. The van der Waals surface area contributed by atoms with Crippen LogP contribution < -0.4 is 16.4 Å². The van der Waals surface area contributed by atoms with Gasteiger partial charge >= 0.3 is 0 Å². The van der Waals surface area contributed by atoms with Gasteiger partial charge in [0, 0.05) is 30.4 Å². The van der Waals surface area contributed by atoms with E-state index in [2.05, 4.69) is 15.5 Å². The van der Waals surface area contributed by atoms with Crippen molar-refractivity contribution in [2.75, 3.05) is 6.54 Å². The van der Waals surface area contributed by atoms with Gasteiger partial charge in [-0.2, -0.15) is 10.2 Å². The van der Waals surface area contributed by atoms with Crippen LogP contribution in [0.5, 0.6) is 0 Å². The second-order valence-electron chi connectivity index (χ2n) is 6.73. The lowest BCUT2D eigenvalue weighted by atomic mass is 10.0. The van der Waals surface area contributed by atoms with E-state index in [0.29, 0.717) is 5.69 Å². The van der Waals surface area contributed by atoms with Gasteiger partial charge in [-0.05, 0) is 26.0 Å². The number of nitrogens with one attached hydrogen (secondary N) is 1. The molecule has 0 saturated heterocycles. The Morgan fingerprint density at radius 2 is 1.75 bits per heavy atom. The number of carbonyl (C=O) groups excluding carboxylic acids is 1. The van der Waals surface area contributed by atoms with Crippen LogP contribution in [0.2, 0.25) is 0 Å². The number of nitrogens with zero attached hydrogens (tertiary/aromatic N) is 4. The van der Waals surface area contributed by atoms with E-state index >= 15 is 0 Å². The predicted octanol–water partition coefficient (Wildman–Crippen LogP) is 1.02. The average Bonchev–Trinajstić information content (AvgIpc) is 2.70. The molecule has 2 aromatic heterocycles. The summed E-state index contributed by atoms with van der Waals surface area (Å²) in [6.07, 6.45) is 1.51. The molecule has 28 heavy (non-hydrogen) atoms. The van der Waals surface area contributed by atoms with E-state index in [-0.39, 0.29) is 30.1 Å². The number of hydrogen-bond acceptors (Lipinski definition) is 5. The zero-order chi connectivity index (χ0) is 20.1. The number of rotatable bonds is 6. The van der Waals surface area contributed by atoms with Crippen LogP contribution in [0.4, 0.5) is 0 Å². The highest BCUT2D eigenvalue weighted by Crippen LogP contribution is 2.17. The third kappa shape index (κ3) is 4.06. The Bertz CT molecular complexity index is 1090. The fraction of sp³-hybridized carbons (Fsp3) is 0.250. The van der Waals surface area contributed by atoms with Crippen molar-refractivity contribution in [3.8, 4) is 11.3 Å². The minimum atomic E-state index is -1.21. The second kappa shape index (κ2) is 7.99. The van der Waals surface area contributed by atoms with Crippen molar-refractivity contribution < 1.29 is 4.79 Å². The van der Waals surface area contributed by atoms with Gasteiger partial charge in [0.15, 0.2) is 0 Å². The number of benzene rings is 1. The molecule has 0 spiro atoms. The fourth-order valence-corrected chi connectivity index (χ4v) is 2.72. The number of carbonyl (C=O) groups is 1. The summed E-state index contributed by atoms with van der Waals surface area (Å²) in [6.45, 7) is 3.68. The van der Waals surface area contributed by atoms with E-state index in [1.807, 2.05) is 30.3 Å². The predicted molar refractivity (Wildman–Crippen MR) is 105 cm³/mol. The summed E-state index contributed by atoms with van der Waals surface area (Å²) in [5.41, 5.74) is -0.384. The van der Waals surface area contributed by atoms with Crippen molar-refractivity contribution in [1.82, 2.24) is 24.9 Å². The van der Waals surface area contributed by atoms with Crippen molar-refractivity contribution in [2.45, 2.75) is 25.9 Å². The van der Waals surface area contributed by atoms with Crippen molar-refractivity contribution in [3.63, 3.8) is 0 Å². The van der Waals surface area contributed by atoms with E-state index in [1.165, 1.54) is 27.7 Å². The SMILES string of the molecule is CC(C)(C(=O)NCCn1ncccc1=O)n1nc(-c2ccccc2)ccc1=O. The maximum Gasteiger partial charge on any atom is 0.267 e. The molecule has 0 saturated carbocycles. The Balaban J connectivity index is 1.78. The molecule has 0 bridgehead atoms. The molecule has 8 nitrogen and oxygen atoms in total. The highest BCUT2D eigenvalue weighted by atomic mass is 16.2. The van der Waals surface area contributed by atoms with Crippen LogP contribution in [-0.2, 0) is 16.9 Å². The van der Waals surface area contributed by atoms with E-state index in [9.17, 15) is 14.4 Å². The zero-order valence-electron chi connectivity index (χ0n) is 15.7. The smallest absolute Gasteiger partial charge is 0.267 e. The molecule has 2 heterocycles. The summed E-state index contributed by atoms with van der Waals surface area (Å²) >= 11 is 0. The van der Waals surface area contributed by atoms with E-state index in [4.69, 9.17) is 0 Å². The van der Waals surface area contributed by atoms with Crippen LogP contribution in [0.15, 0.2) is 70.4 Å². The molecule has 1 amide bonds. The molecule has 0 fully saturated rings. The van der Waals surface area contributed by atoms with Crippen molar-refractivity contribution in [2.24, 2.45) is 0 Å². The lowest BCUT2D eigenvalue weighted by Gasteiger charge is -2.25. The first-order chi connectivity index (χ1) is 13.4. The first-order valence-electron chi connectivity index (χ1n) is 8.86. The van der Waals surface area contributed by atoms with E-state index in [1.54, 1.807) is 26.0 Å². The van der Waals surface area contributed by atoms with Gasteiger partial charge < -0.3 is 5.32 Å². The first-order valence-corrected chi connectivity index (χ1v) is 8.86.